The van der Waals surface area contributed by atoms with Crippen molar-refractivity contribution in [3.05, 3.63) is 65.7 Å². The van der Waals surface area contributed by atoms with E-state index in [1.807, 2.05) is 62.4 Å². The zero-order chi connectivity index (χ0) is 22.2. The summed E-state index contributed by atoms with van der Waals surface area (Å²) in [7, 11) is 0. The Morgan fingerprint density at radius 3 is 2.61 bits per heavy atom. The second kappa shape index (κ2) is 10.6. The lowest BCUT2D eigenvalue weighted by molar-refractivity contribution is -0.119. The van der Waals surface area contributed by atoms with Gasteiger partial charge in [-0.2, -0.15) is 0 Å². The van der Waals surface area contributed by atoms with Crippen molar-refractivity contribution in [1.82, 2.24) is 5.32 Å². The molecule has 2 aromatic rings. The van der Waals surface area contributed by atoms with Crippen LogP contribution in [0.15, 0.2) is 54.6 Å². The van der Waals surface area contributed by atoms with Crippen LogP contribution in [0.5, 0.6) is 0 Å². The molecular weight excluding hydrogens is 390 g/mol. The Morgan fingerprint density at radius 2 is 1.94 bits per heavy atom. The number of carbonyl (C=O) groups is 3. The van der Waals surface area contributed by atoms with E-state index in [2.05, 4.69) is 10.6 Å². The normalized spacial score (nSPS) is 14.6. The maximum atomic E-state index is 12.2. The van der Waals surface area contributed by atoms with Gasteiger partial charge in [0.05, 0.1) is 0 Å². The summed E-state index contributed by atoms with van der Waals surface area (Å²) < 4.78 is 0. The van der Waals surface area contributed by atoms with Crippen LogP contribution < -0.4 is 15.5 Å². The number of amides is 3. The highest BCUT2D eigenvalue weighted by molar-refractivity contribution is 5.95. The molecule has 0 bridgehead atoms. The summed E-state index contributed by atoms with van der Waals surface area (Å²) >= 11 is 0. The minimum Gasteiger partial charge on any atom is -0.348 e. The second-order valence-electron chi connectivity index (χ2n) is 7.79. The van der Waals surface area contributed by atoms with Gasteiger partial charge >= 0.3 is 0 Å². The van der Waals surface area contributed by atoms with Crippen LogP contribution in [-0.2, 0) is 20.9 Å². The molecule has 3 rings (SSSR count). The Labute approximate surface area is 183 Å². The summed E-state index contributed by atoms with van der Waals surface area (Å²) in [6.45, 7) is 5.00. The highest BCUT2D eigenvalue weighted by Gasteiger charge is 2.21. The highest BCUT2D eigenvalue weighted by Crippen LogP contribution is 2.22. The van der Waals surface area contributed by atoms with E-state index in [4.69, 9.17) is 0 Å². The predicted molar refractivity (Wildman–Crippen MR) is 123 cm³/mol. The van der Waals surface area contributed by atoms with Gasteiger partial charge in [0.2, 0.25) is 17.7 Å². The molecule has 1 aliphatic rings. The smallest absolute Gasteiger partial charge is 0.244 e. The maximum absolute atomic E-state index is 12.2. The standard InChI is InChI=1S/C25H29N3O3/c1-3-18(2)25(31)27-21-7-4-6-20(16-21)17-26-23(29)14-11-19-9-12-22(13-10-19)28-15-5-8-24(28)30/h4,6-7,9-14,16,18H,3,5,8,15,17H2,1-2H3,(H,26,29)(H,27,31)/b14-11+. The van der Waals surface area contributed by atoms with E-state index >= 15 is 0 Å². The first-order chi connectivity index (χ1) is 15.0. The zero-order valence-corrected chi connectivity index (χ0v) is 18.1. The molecule has 0 spiro atoms. The molecule has 1 heterocycles. The average molecular weight is 420 g/mol. The van der Waals surface area contributed by atoms with Gasteiger partial charge in [0.25, 0.3) is 0 Å². The number of hydrogen-bond acceptors (Lipinski definition) is 3. The topological polar surface area (TPSA) is 78.5 Å². The summed E-state index contributed by atoms with van der Waals surface area (Å²) in [5.41, 5.74) is 3.41. The van der Waals surface area contributed by atoms with E-state index in [0.717, 1.165) is 41.9 Å². The molecule has 3 amide bonds. The van der Waals surface area contributed by atoms with Crippen LogP contribution in [0, 0.1) is 5.92 Å². The number of rotatable bonds is 8. The Morgan fingerprint density at radius 1 is 1.16 bits per heavy atom. The molecule has 1 saturated heterocycles. The van der Waals surface area contributed by atoms with Crippen molar-refractivity contribution in [3.8, 4) is 0 Å². The van der Waals surface area contributed by atoms with Gasteiger partial charge in [0.15, 0.2) is 0 Å². The lowest BCUT2D eigenvalue weighted by Crippen LogP contribution is -2.23. The van der Waals surface area contributed by atoms with E-state index in [9.17, 15) is 14.4 Å². The van der Waals surface area contributed by atoms with Crippen molar-refractivity contribution in [1.29, 1.82) is 0 Å². The van der Waals surface area contributed by atoms with Gasteiger partial charge in [-0.05, 0) is 54.3 Å². The third kappa shape index (κ3) is 6.28. The van der Waals surface area contributed by atoms with Crippen molar-refractivity contribution < 1.29 is 14.4 Å². The van der Waals surface area contributed by atoms with Crippen molar-refractivity contribution in [2.75, 3.05) is 16.8 Å². The third-order valence-electron chi connectivity index (χ3n) is 5.43. The summed E-state index contributed by atoms with van der Waals surface area (Å²) in [6, 6.07) is 15.1. The molecule has 2 aromatic carbocycles. The van der Waals surface area contributed by atoms with Crippen molar-refractivity contribution in [2.24, 2.45) is 5.92 Å². The average Bonchev–Trinajstić information content (AvgIpc) is 3.22. The van der Waals surface area contributed by atoms with Gasteiger partial charge in [-0.3, -0.25) is 14.4 Å². The van der Waals surface area contributed by atoms with Gasteiger partial charge in [-0.15, -0.1) is 0 Å². The van der Waals surface area contributed by atoms with Crippen LogP contribution in [0.25, 0.3) is 6.08 Å². The van der Waals surface area contributed by atoms with Crippen LogP contribution in [0.4, 0.5) is 11.4 Å². The fraction of sp³-hybridized carbons (Fsp3) is 0.320. The molecule has 0 saturated carbocycles. The molecule has 31 heavy (non-hydrogen) atoms. The molecule has 6 heteroatoms. The van der Waals surface area contributed by atoms with E-state index in [1.54, 1.807) is 11.0 Å². The molecule has 0 aliphatic carbocycles. The van der Waals surface area contributed by atoms with Crippen LogP contribution in [0.1, 0.15) is 44.2 Å². The van der Waals surface area contributed by atoms with Crippen molar-refractivity contribution >= 4 is 35.2 Å². The molecule has 1 unspecified atom stereocenters. The molecule has 6 nitrogen and oxygen atoms in total. The number of anilines is 2. The van der Waals surface area contributed by atoms with Gasteiger partial charge < -0.3 is 15.5 Å². The first-order valence-corrected chi connectivity index (χ1v) is 10.7. The maximum Gasteiger partial charge on any atom is 0.244 e. The third-order valence-corrected chi connectivity index (χ3v) is 5.43. The minimum absolute atomic E-state index is 0.00765. The van der Waals surface area contributed by atoms with Gasteiger partial charge in [0, 0.05) is 42.9 Å². The molecule has 162 valence electrons. The Bertz CT molecular complexity index is 966. The van der Waals surface area contributed by atoms with Gasteiger partial charge in [-0.1, -0.05) is 38.1 Å². The summed E-state index contributed by atoms with van der Waals surface area (Å²) in [5, 5.41) is 5.76. The molecule has 2 N–H and O–H groups in total. The first kappa shape index (κ1) is 22.3. The fourth-order valence-electron chi connectivity index (χ4n) is 3.32. The minimum atomic E-state index is -0.201. The Kier molecular flexibility index (Phi) is 7.60. The van der Waals surface area contributed by atoms with E-state index in [0.29, 0.717) is 13.0 Å². The summed E-state index contributed by atoms with van der Waals surface area (Å²) in [5.74, 6) is -0.0934. The second-order valence-corrected chi connectivity index (χ2v) is 7.79. The molecule has 1 fully saturated rings. The quantitative estimate of drug-likeness (QED) is 0.632. The van der Waals surface area contributed by atoms with Gasteiger partial charge in [-0.25, -0.2) is 0 Å². The fourth-order valence-corrected chi connectivity index (χ4v) is 3.32. The van der Waals surface area contributed by atoms with Crippen molar-refractivity contribution in [3.63, 3.8) is 0 Å². The molecular formula is C25H29N3O3. The van der Waals surface area contributed by atoms with Crippen LogP contribution >= 0.6 is 0 Å². The van der Waals surface area contributed by atoms with Crippen LogP contribution in [0.3, 0.4) is 0 Å². The summed E-state index contributed by atoms with van der Waals surface area (Å²) in [6.07, 6.45) is 5.52. The molecule has 1 atom stereocenters. The predicted octanol–water partition coefficient (Wildman–Crippen LogP) is 4.13. The van der Waals surface area contributed by atoms with E-state index in [1.165, 1.54) is 6.08 Å². The largest absolute Gasteiger partial charge is 0.348 e. The van der Waals surface area contributed by atoms with Crippen LogP contribution in [0.2, 0.25) is 0 Å². The SMILES string of the molecule is CCC(C)C(=O)Nc1cccc(CNC(=O)/C=C/c2ccc(N3CCCC3=O)cc2)c1. The number of nitrogens with zero attached hydrogens (tertiary/aromatic N) is 1. The number of carbonyl (C=O) groups excluding carboxylic acids is 3. The Hall–Kier alpha value is -3.41. The van der Waals surface area contributed by atoms with Crippen molar-refractivity contribution in [2.45, 2.75) is 39.7 Å². The molecule has 0 aromatic heterocycles. The van der Waals surface area contributed by atoms with Crippen LogP contribution in [-0.4, -0.2) is 24.3 Å². The molecule has 0 radical (unpaired) electrons. The summed E-state index contributed by atoms with van der Waals surface area (Å²) in [4.78, 5) is 37.8. The lowest BCUT2D eigenvalue weighted by atomic mass is 10.1. The van der Waals surface area contributed by atoms with Gasteiger partial charge in [0.1, 0.15) is 0 Å². The monoisotopic (exact) mass is 419 g/mol. The molecule has 1 aliphatic heterocycles. The van der Waals surface area contributed by atoms with E-state index < -0.39 is 0 Å². The van der Waals surface area contributed by atoms with E-state index in [-0.39, 0.29) is 23.6 Å². The number of nitrogens with one attached hydrogen (secondary N) is 2. The highest BCUT2D eigenvalue weighted by atomic mass is 16.2. The zero-order valence-electron chi connectivity index (χ0n) is 18.1. The number of hydrogen-bond donors (Lipinski definition) is 2. The Balaban J connectivity index is 1.51. The number of benzene rings is 2. The lowest BCUT2D eigenvalue weighted by Gasteiger charge is -2.15. The first-order valence-electron chi connectivity index (χ1n) is 10.7.